The second-order valence-corrected chi connectivity index (χ2v) is 5.57. The summed E-state index contributed by atoms with van der Waals surface area (Å²) in [4.78, 5) is 0. The van der Waals surface area contributed by atoms with Crippen LogP contribution in [0.3, 0.4) is 0 Å². The summed E-state index contributed by atoms with van der Waals surface area (Å²) in [5, 5.41) is 12.1. The van der Waals surface area contributed by atoms with Crippen LogP contribution in [0, 0.1) is 17.1 Å². The number of nitrogens with one attached hydrogen (secondary N) is 1. The highest BCUT2D eigenvalue weighted by Crippen LogP contribution is 2.28. The van der Waals surface area contributed by atoms with Crippen molar-refractivity contribution in [2.24, 2.45) is 0 Å². The zero-order chi connectivity index (χ0) is 13.8. The lowest BCUT2D eigenvalue weighted by Gasteiger charge is -2.14. The van der Waals surface area contributed by atoms with Crippen LogP contribution in [-0.4, -0.2) is 0 Å². The number of anilines is 1. The van der Waals surface area contributed by atoms with E-state index in [4.69, 9.17) is 0 Å². The fourth-order valence-electron chi connectivity index (χ4n) is 1.62. The zero-order valence-electron chi connectivity index (χ0n) is 9.70. The number of para-hydroxylation sites is 1. The van der Waals surface area contributed by atoms with Gasteiger partial charge in [0.25, 0.3) is 0 Å². The number of nitriles is 1. The maximum Gasteiger partial charge on any atom is 0.146 e. The first-order chi connectivity index (χ1) is 9.11. The van der Waals surface area contributed by atoms with Gasteiger partial charge in [0.05, 0.1) is 11.8 Å². The van der Waals surface area contributed by atoms with Crippen LogP contribution in [0.25, 0.3) is 0 Å². The van der Waals surface area contributed by atoms with Crippen LogP contribution in [0.1, 0.15) is 11.6 Å². The second-order valence-electron chi connectivity index (χ2n) is 3.86. The molecule has 2 nitrogen and oxygen atoms in total. The Bertz CT molecular complexity index is 638. The Morgan fingerprint density at radius 1 is 1.11 bits per heavy atom. The van der Waals surface area contributed by atoms with Crippen molar-refractivity contribution < 1.29 is 4.39 Å². The van der Waals surface area contributed by atoms with Gasteiger partial charge in [0.1, 0.15) is 11.9 Å². The molecule has 0 aliphatic carbocycles. The van der Waals surface area contributed by atoms with Gasteiger partial charge in [0, 0.05) is 8.95 Å². The van der Waals surface area contributed by atoms with Crippen molar-refractivity contribution in [3.63, 3.8) is 0 Å². The molecular weight excluding hydrogens is 375 g/mol. The standard InChI is InChI=1S/C14H9Br2FN2/c15-10-6-5-9(7-11(10)16)14(8-18)19-13-4-2-1-3-12(13)17/h1-7,14,19H. The molecule has 96 valence electrons. The molecule has 1 atom stereocenters. The molecule has 0 aliphatic rings. The molecule has 0 spiro atoms. The molecule has 2 aromatic carbocycles. The Balaban J connectivity index is 2.28. The highest BCUT2D eigenvalue weighted by atomic mass is 79.9. The maximum absolute atomic E-state index is 13.6. The van der Waals surface area contributed by atoms with Crippen molar-refractivity contribution in [3.8, 4) is 6.07 Å². The quantitative estimate of drug-likeness (QED) is 0.806. The van der Waals surface area contributed by atoms with Gasteiger partial charge in [-0.1, -0.05) is 18.2 Å². The topological polar surface area (TPSA) is 35.8 Å². The van der Waals surface area contributed by atoms with E-state index in [9.17, 15) is 9.65 Å². The smallest absolute Gasteiger partial charge is 0.146 e. The summed E-state index contributed by atoms with van der Waals surface area (Å²) in [6, 6.07) is 13.3. The first-order valence-electron chi connectivity index (χ1n) is 5.47. The number of halogens is 3. The van der Waals surface area contributed by atoms with Crippen molar-refractivity contribution in [1.82, 2.24) is 0 Å². The summed E-state index contributed by atoms with van der Waals surface area (Å²) in [5.41, 5.74) is 1.08. The number of hydrogen-bond acceptors (Lipinski definition) is 2. The Morgan fingerprint density at radius 2 is 1.84 bits per heavy atom. The molecule has 2 rings (SSSR count). The van der Waals surface area contributed by atoms with Gasteiger partial charge in [-0.15, -0.1) is 0 Å². The lowest BCUT2D eigenvalue weighted by atomic mass is 10.1. The average molecular weight is 384 g/mol. The third-order valence-electron chi connectivity index (χ3n) is 2.58. The Kier molecular flexibility index (Phi) is 4.56. The van der Waals surface area contributed by atoms with E-state index in [0.29, 0.717) is 5.69 Å². The summed E-state index contributed by atoms with van der Waals surface area (Å²) < 4.78 is 15.3. The maximum atomic E-state index is 13.6. The summed E-state index contributed by atoms with van der Waals surface area (Å²) in [7, 11) is 0. The molecule has 5 heteroatoms. The minimum atomic E-state index is -0.610. The van der Waals surface area contributed by atoms with Crippen LogP contribution in [-0.2, 0) is 0 Å². The van der Waals surface area contributed by atoms with E-state index in [1.807, 2.05) is 18.2 Å². The van der Waals surface area contributed by atoms with Crippen molar-refractivity contribution in [3.05, 3.63) is 62.8 Å². The van der Waals surface area contributed by atoms with Crippen LogP contribution >= 0.6 is 31.9 Å². The van der Waals surface area contributed by atoms with Crippen LogP contribution < -0.4 is 5.32 Å². The zero-order valence-corrected chi connectivity index (χ0v) is 12.9. The van der Waals surface area contributed by atoms with E-state index < -0.39 is 6.04 Å². The molecule has 19 heavy (non-hydrogen) atoms. The summed E-state index contributed by atoms with van der Waals surface area (Å²) >= 11 is 6.75. The van der Waals surface area contributed by atoms with Crippen molar-refractivity contribution >= 4 is 37.5 Å². The van der Waals surface area contributed by atoms with Crippen LogP contribution in [0.5, 0.6) is 0 Å². The Hall–Kier alpha value is -1.38. The first kappa shape index (κ1) is 14.0. The average Bonchev–Trinajstić information content (AvgIpc) is 2.41. The molecule has 0 saturated heterocycles. The van der Waals surface area contributed by atoms with Gasteiger partial charge in [-0.25, -0.2) is 4.39 Å². The minimum absolute atomic E-state index is 0.313. The fourth-order valence-corrected chi connectivity index (χ4v) is 2.26. The monoisotopic (exact) mass is 382 g/mol. The van der Waals surface area contributed by atoms with Crippen molar-refractivity contribution in [1.29, 1.82) is 5.26 Å². The molecule has 0 radical (unpaired) electrons. The predicted molar refractivity (Wildman–Crippen MR) is 80.2 cm³/mol. The highest BCUT2D eigenvalue weighted by molar-refractivity contribution is 9.13. The van der Waals surface area contributed by atoms with E-state index in [-0.39, 0.29) is 5.82 Å². The van der Waals surface area contributed by atoms with Gasteiger partial charge in [-0.05, 0) is 61.7 Å². The number of hydrogen-bond donors (Lipinski definition) is 1. The van der Waals surface area contributed by atoms with Crippen LogP contribution in [0.4, 0.5) is 10.1 Å². The number of benzene rings is 2. The molecule has 0 aromatic heterocycles. The number of rotatable bonds is 3. The lowest BCUT2D eigenvalue weighted by Crippen LogP contribution is -2.09. The van der Waals surface area contributed by atoms with E-state index in [1.165, 1.54) is 6.07 Å². The van der Waals surface area contributed by atoms with Crippen molar-refractivity contribution in [2.75, 3.05) is 5.32 Å². The van der Waals surface area contributed by atoms with E-state index in [1.54, 1.807) is 18.2 Å². The van der Waals surface area contributed by atoms with Gasteiger partial charge in [0.2, 0.25) is 0 Å². The van der Waals surface area contributed by atoms with Gasteiger partial charge in [0.15, 0.2) is 0 Å². The van der Waals surface area contributed by atoms with Crippen LogP contribution in [0.2, 0.25) is 0 Å². The molecule has 0 amide bonds. The molecule has 1 N–H and O–H groups in total. The SMILES string of the molecule is N#CC(Nc1ccccc1F)c1ccc(Br)c(Br)c1. The van der Waals surface area contributed by atoms with Gasteiger partial charge in [-0.3, -0.25) is 0 Å². The van der Waals surface area contributed by atoms with E-state index in [2.05, 4.69) is 43.2 Å². The van der Waals surface area contributed by atoms with E-state index >= 15 is 0 Å². The molecular formula is C14H9Br2FN2. The van der Waals surface area contributed by atoms with E-state index in [0.717, 1.165) is 14.5 Å². The molecule has 0 saturated carbocycles. The normalized spacial score (nSPS) is 11.7. The summed E-state index contributed by atoms with van der Waals surface area (Å²) in [6.45, 7) is 0. The molecule has 0 heterocycles. The van der Waals surface area contributed by atoms with Crippen LogP contribution in [0.15, 0.2) is 51.4 Å². The lowest BCUT2D eigenvalue weighted by molar-refractivity contribution is 0.629. The Morgan fingerprint density at radius 3 is 2.47 bits per heavy atom. The molecule has 2 aromatic rings. The predicted octanol–water partition coefficient (Wildman–Crippen LogP) is 5.03. The van der Waals surface area contributed by atoms with Gasteiger partial charge >= 0.3 is 0 Å². The largest absolute Gasteiger partial charge is 0.364 e. The third kappa shape index (κ3) is 3.34. The fraction of sp³-hybridized carbons (Fsp3) is 0.0714. The Labute approximate surface area is 127 Å². The third-order valence-corrected chi connectivity index (χ3v) is 4.46. The molecule has 0 bridgehead atoms. The van der Waals surface area contributed by atoms with Crippen molar-refractivity contribution in [2.45, 2.75) is 6.04 Å². The molecule has 1 unspecified atom stereocenters. The molecule has 0 aliphatic heterocycles. The highest BCUT2D eigenvalue weighted by Gasteiger charge is 2.13. The van der Waals surface area contributed by atoms with Gasteiger partial charge in [-0.2, -0.15) is 5.26 Å². The summed E-state index contributed by atoms with van der Waals surface area (Å²) in [6.07, 6.45) is 0. The molecule has 0 fully saturated rings. The second kappa shape index (κ2) is 6.18. The van der Waals surface area contributed by atoms with Gasteiger partial charge < -0.3 is 5.32 Å². The number of nitrogens with zero attached hydrogens (tertiary/aromatic N) is 1. The summed E-state index contributed by atoms with van der Waals surface area (Å²) in [5.74, 6) is -0.376. The minimum Gasteiger partial charge on any atom is -0.364 e. The first-order valence-corrected chi connectivity index (χ1v) is 7.06.